The van der Waals surface area contributed by atoms with Crippen LogP contribution in [0.5, 0.6) is 0 Å². The third-order valence-electron chi connectivity index (χ3n) is 6.92. The SMILES string of the molecule is CC(C)CC1(C(O)CC#C[C@@H]2[C@@H](CCCCCCC(=O)O)[C@H](Cl)C[C@H]2O)CCC1. The normalized spacial score (nSPS) is 29.2. The van der Waals surface area contributed by atoms with Crippen LogP contribution in [0.15, 0.2) is 0 Å². The minimum Gasteiger partial charge on any atom is -0.481 e. The van der Waals surface area contributed by atoms with Crippen molar-refractivity contribution in [2.75, 3.05) is 0 Å². The monoisotopic (exact) mass is 426 g/mol. The summed E-state index contributed by atoms with van der Waals surface area (Å²) in [4.78, 5) is 10.6. The second-order valence-corrected chi connectivity index (χ2v) is 10.3. The van der Waals surface area contributed by atoms with Crippen LogP contribution in [0.3, 0.4) is 0 Å². The molecule has 0 aromatic carbocycles. The van der Waals surface area contributed by atoms with E-state index in [0.717, 1.165) is 44.9 Å². The van der Waals surface area contributed by atoms with Gasteiger partial charge in [-0.05, 0) is 55.8 Å². The van der Waals surface area contributed by atoms with Crippen molar-refractivity contribution in [1.29, 1.82) is 0 Å². The zero-order chi connectivity index (χ0) is 21.4. The van der Waals surface area contributed by atoms with Gasteiger partial charge in [0.2, 0.25) is 0 Å². The Morgan fingerprint density at radius 1 is 1.21 bits per heavy atom. The highest BCUT2D eigenvalue weighted by Crippen LogP contribution is 2.49. The maximum Gasteiger partial charge on any atom is 0.303 e. The molecule has 0 aliphatic heterocycles. The summed E-state index contributed by atoms with van der Waals surface area (Å²) in [7, 11) is 0. The zero-order valence-corrected chi connectivity index (χ0v) is 18.8. The Morgan fingerprint density at radius 3 is 2.48 bits per heavy atom. The fraction of sp³-hybridized carbons (Fsp3) is 0.875. The molecule has 0 aromatic heterocycles. The van der Waals surface area contributed by atoms with E-state index in [1.807, 2.05) is 0 Å². The standard InChI is InChI=1S/C24H39ClO4/c1-17(2)16-24(13-8-14-24)22(27)11-7-10-19-18(20(25)15-21(19)26)9-5-3-4-6-12-23(28)29/h17-22,26-27H,3-6,8-9,11-16H2,1-2H3,(H,28,29)/t18-,19-,20-,21-,22?/m1/s1. The Labute approximate surface area is 181 Å². The minimum absolute atomic E-state index is 0.0432. The fourth-order valence-corrected chi connectivity index (χ4v) is 5.71. The van der Waals surface area contributed by atoms with Crippen LogP contribution in [0.2, 0.25) is 0 Å². The van der Waals surface area contributed by atoms with Gasteiger partial charge in [-0.15, -0.1) is 17.5 Å². The molecule has 0 spiro atoms. The summed E-state index contributed by atoms with van der Waals surface area (Å²) in [6.07, 6.45) is 9.35. The number of aliphatic hydroxyl groups is 2. The predicted octanol–water partition coefficient (Wildman–Crippen LogP) is 4.99. The van der Waals surface area contributed by atoms with E-state index < -0.39 is 12.1 Å². The first kappa shape index (κ1) is 24.5. The Bertz CT molecular complexity index is 575. The average Bonchev–Trinajstić information content (AvgIpc) is 2.87. The average molecular weight is 427 g/mol. The summed E-state index contributed by atoms with van der Waals surface area (Å²) in [5.41, 5.74) is 0.0432. The molecule has 5 heteroatoms. The van der Waals surface area contributed by atoms with Gasteiger partial charge in [-0.3, -0.25) is 4.79 Å². The highest BCUT2D eigenvalue weighted by Gasteiger charge is 2.43. The van der Waals surface area contributed by atoms with Crippen LogP contribution in [-0.4, -0.2) is 38.9 Å². The van der Waals surface area contributed by atoms with Gasteiger partial charge in [0.05, 0.1) is 18.1 Å². The Kier molecular flexibility index (Phi) is 9.79. The molecule has 1 unspecified atom stereocenters. The van der Waals surface area contributed by atoms with Gasteiger partial charge in [-0.25, -0.2) is 0 Å². The van der Waals surface area contributed by atoms with E-state index >= 15 is 0 Å². The van der Waals surface area contributed by atoms with E-state index in [1.54, 1.807) is 0 Å². The quantitative estimate of drug-likeness (QED) is 0.247. The summed E-state index contributed by atoms with van der Waals surface area (Å²) in [5, 5.41) is 29.8. The first-order chi connectivity index (χ1) is 13.7. The van der Waals surface area contributed by atoms with Crippen LogP contribution in [-0.2, 0) is 4.79 Å². The fourth-order valence-electron chi connectivity index (χ4n) is 5.24. The van der Waals surface area contributed by atoms with Crippen LogP contribution in [0.1, 0.15) is 90.9 Å². The van der Waals surface area contributed by atoms with Crippen molar-refractivity contribution in [2.45, 2.75) is 108 Å². The second-order valence-electron chi connectivity index (χ2n) is 9.71. The molecule has 0 radical (unpaired) electrons. The molecule has 4 nitrogen and oxygen atoms in total. The summed E-state index contributed by atoms with van der Waals surface area (Å²) in [6.45, 7) is 4.42. The number of aliphatic carboxylic acids is 1. The molecular formula is C24H39ClO4. The lowest BCUT2D eigenvalue weighted by atomic mass is 9.61. The number of halogens is 1. The number of rotatable bonds is 11. The first-order valence-corrected chi connectivity index (χ1v) is 11.9. The lowest BCUT2D eigenvalue weighted by Crippen LogP contribution is -2.42. The van der Waals surface area contributed by atoms with Gasteiger partial charge in [0.15, 0.2) is 0 Å². The highest BCUT2D eigenvalue weighted by molar-refractivity contribution is 6.21. The van der Waals surface area contributed by atoms with Crippen LogP contribution in [0.4, 0.5) is 0 Å². The predicted molar refractivity (Wildman–Crippen MR) is 117 cm³/mol. The zero-order valence-electron chi connectivity index (χ0n) is 18.1. The van der Waals surface area contributed by atoms with E-state index in [0.29, 0.717) is 25.2 Å². The molecule has 29 heavy (non-hydrogen) atoms. The molecule has 2 aliphatic carbocycles. The lowest BCUT2D eigenvalue weighted by Gasteiger charge is -2.46. The topological polar surface area (TPSA) is 77.8 Å². The summed E-state index contributed by atoms with van der Waals surface area (Å²) in [6, 6.07) is 0. The number of hydrogen-bond acceptors (Lipinski definition) is 3. The third kappa shape index (κ3) is 7.16. The van der Waals surface area contributed by atoms with E-state index in [2.05, 4.69) is 25.7 Å². The molecule has 3 N–H and O–H groups in total. The van der Waals surface area contributed by atoms with E-state index in [4.69, 9.17) is 16.7 Å². The molecule has 0 amide bonds. The summed E-state index contributed by atoms with van der Waals surface area (Å²) in [5.74, 6) is 6.35. The third-order valence-corrected chi connectivity index (χ3v) is 7.42. The molecule has 0 saturated heterocycles. The number of aliphatic hydroxyl groups excluding tert-OH is 2. The van der Waals surface area contributed by atoms with E-state index in [9.17, 15) is 15.0 Å². The number of carbonyl (C=O) groups is 1. The van der Waals surface area contributed by atoms with Crippen molar-refractivity contribution in [2.24, 2.45) is 23.2 Å². The van der Waals surface area contributed by atoms with Crippen LogP contribution in [0.25, 0.3) is 0 Å². The van der Waals surface area contributed by atoms with Gasteiger partial charge in [0.25, 0.3) is 0 Å². The van der Waals surface area contributed by atoms with Crippen molar-refractivity contribution >= 4 is 17.6 Å². The maximum absolute atomic E-state index is 10.8. The second kappa shape index (κ2) is 11.6. The number of carboxylic acid groups (broad SMARTS) is 1. The lowest BCUT2D eigenvalue weighted by molar-refractivity contribution is -0.137. The van der Waals surface area contributed by atoms with Crippen LogP contribution < -0.4 is 0 Å². The van der Waals surface area contributed by atoms with Gasteiger partial charge in [-0.2, -0.15) is 0 Å². The Hall–Kier alpha value is -0.760. The molecule has 0 bridgehead atoms. The Morgan fingerprint density at radius 2 is 1.90 bits per heavy atom. The van der Waals surface area contributed by atoms with Gasteiger partial charge in [-0.1, -0.05) is 45.5 Å². The van der Waals surface area contributed by atoms with Gasteiger partial charge >= 0.3 is 5.97 Å². The molecule has 2 rings (SSSR count). The molecule has 2 aliphatic rings. The van der Waals surface area contributed by atoms with Crippen molar-refractivity contribution in [1.82, 2.24) is 0 Å². The van der Waals surface area contributed by atoms with Crippen molar-refractivity contribution in [3.05, 3.63) is 0 Å². The van der Waals surface area contributed by atoms with Gasteiger partial charge < -0.3 is 15.3 Å². The smallest absolute Gasteiger partial charge is 0.303 e. The molecule has 2 fully saturated rings. The molecule has 166 valence electrons. The van der Waals surface area contributed by atoms with Crippen LogP contribution >= 0.6 is 11.6 Å². The Balaban J connectivity index is 1.83. The maximum atomic E-state index is 10.8. The van der Waals surface area contributed by atoms with Gasteiger partial charge in [0, 0.05) is 18.2 Å². The minimum atomic E-state index is -0.737. The summed E-state index contributed by atoms with van der Waals surface area (Å²) < 4.78 is 0. The number of alkyl halides is 1. The van der Waals surface area contributed by atoms with Crippen molar-refractivity contribution in [3.63, 3.8) is 0 Å². The van der Waals surface area contributed by atoms with Crippen LogP contribution in [0, 0.1) is 35.0 Å². The number of carboxylic acids is 1. The molecule has 5 atom stereocenters. The van der Waals surface area contributed by atoms with Crippen molar-refractivity contribution < 1.29 is 20.1 Å². The van der Waals surface area contributed by atoms with Gasteiger partial charge in [0.1, 0.15) is 0 Å². The molecular weight excluding hydrogens is 388 g/mol. The highest BCUT2D eigenvalue weighted by atomic mass is 35.5. The van der Waals surface area contributed by atoms with E-state index in [1.165, 1.54) is 6.42 Å². The van der Waals surface area contributed by atoms with Crippen molar-refractivity contribution in [3.8, 4) is 11.8 Å². The largest absolute Gasteiger partial charge is 0.481 e. The molecule has 2 saturated carbocycles. The van der Waals surface area contributed by atoms with E-state index in [-0.39, 0.29) is 35.2 Å². The number of unbranched alkanes of at least 4 members (excludes halogenated alkanes) is 3. The summed E-state index contributed by atoms with van der Waals surface area (Å²) >= 11 is 6.50. The molecule has 0 aromatic rings. The number of hydrogen-bond donors (Lipinski definition) is 3. The molecule has 0 heterocycles. The first-order valence-electron chi connectivity index (χ1n) is 11.5.